The van der Waals surface area contributed by atoms with E-state index in [9.17, 15) is 14.7 Å². The van der Waals surface area contributed by atoms with Crippen molar-refractivity contribution in [3.05, 3.63) is 11.6 Å². The van der Waals surface area contributed by atoms with Gasteiger partial charge in [0.25, 0.3) is 0 Å². The van der Waals surface area contributed by atoms with Crippen molar-refractivity contribution in [1.29, 1.82) is 0 Å². The highest BCUT2D eigenvalue weighted by Gasteiger charge is 2.29. The van der Waals surface area contributed by atoms with Crippen LogP contribution in [0, 0.1) is 5.92 Å². The Morgan fingerprint density at radius 2 is 2.42 bits per heavy atom. The van der Waals surface area contributed by atoms with Gasteiger partial charge >= 0.3 is 5.97 Å². The van der Waals surface area contributed by atoms with Crippen LogP contribution in [-0.4, -0.2) is 28.6 Å². The summed E-state index contributed by atoms with van der Waals surface area (Å²) in [6, 6.07) is 0. The Morgan fingerprint density at radius 1 is 1.75 bits per heavy atom. The maximum atomic E-state index is 10.4. The van der Waals surface area contributed by atoms with Gasteiger partial charge in [-0.05, 0) is 12.0 Å². The number of aldehydes is 1. The van der Waals surface area contributed by atoms with Crippen molar-refractivity contribution in [2.45, 2.75) is 18.9 Å². The molecule has 1 aliphatic carbocycles. The Hall–Kier alpha value is -1.16. The van der Waals surface area contributed by atoms with Gasteiger partial charge in [-0.3, -0.25) is 9.59 Å². The molecule has 0 saturated carbocycles. The summed E-state index contributed by atoms with van der Waals surface area (Å²) in [5.74, 6) is -1.51. The second kappa shape index (κ2) is 3.49. The highest BCUT2D eigenvalue weighted by atomic mass is 16.4. The third kappa shape index (κ3) is 1.71. The van der Waals surface area contributed by atoms with Gasteiger partial charge in [0.1, 0.15) is 6.29 Å². The van der Waals surface area contributed by atoms with E-state index in [2.05, 4.69) is 0 Å². The summed E-state index contributed by atoms with van der Waals surface area (Å²) in [4.78, 5) is 20.7. The van der Waals surface area contributed by atoms with Gasteiger partial charge in [-0.1, -0.05) is 6.08 Å². The molecule has 2 unspecified atom stereocenters. The third-order valence-corrected chi connectivity index (χ3v) is 2.02. The molecule has 4 nitrogen and oxygen atoms in total. The fourth-order valence-corrected chi connectivity index (χ4v) is 1.37. The van der Waals surface area contributed by atoms with Crippen LogP contribution in [0.2, 0.25) is 0 Å². The van der Waals surface area contributed by atoms with Crippen LogP contribution >= 0.6 is 0 Å². The quantitative estimate of drug-likeness (QED) is 0.583. The molecule has 0 spiro atoms. The fraction of sp³-hybridized carbons (Fsp3) is 0.500. The number of rotatable bonds is 3. The van der Waals surface area contributed by atoms with Crippen LogP contribution in [0.1, 0.15) is 12.8 Å². The van der Waals surface area contributed by atoms with E-state index in [0.29, 0.717) is 18.3 Å². The molecule has 0 bridgehead atoms. The zero-order valence-corrected chi connectivity index (χ0v) is 6.43. The largest absolute Gasteiger partial charge is 0.481 e. The summed E-state index contributed by atoms with van der Waals surface area (Å²) in [6.45, 7) is 0. The number of aliphatic hydroxyl groups excluding tert-OH is 1. The topological polar surface area (TPSA) is 74.6 Å². The lowest BCUT2D eigenvalue weighted by molar-refractivity contribution is -0.138. The molecule has 1 aliphatic rings. The number of carboxylic acid groups (broad SMARTS) is 1. The number of aliphatic carboxylic acids is 1. The summed E-state index contributed by atoms with van der Waals surface area (Å²) in [5.41, 5.74) is 0.407. The highest BCUT2D eigenvalue weighted by Crippen LogP contribution is 2.27. The molecule has 12 heavy (non-hydrogen) atoms. The van der Waals surface area contributed by atoms with Gasteiger partial charge in [0.05, 0.1) is 12.5 Å². The number of carboxylic acids is 1. The van der Waals surface area contributed by atoms with Crippen LogP contribution in [0.15, 0.2) is 11.6 Å². The molecule has 0 fully saturated rings. The molecule has 66 valence electrons. The zero-order valence-electron chi connectivity index (χ0n) is 6.43. The lowest BCUT2D eigenvalue weighted by Gasteiger charge is -2.12. The first-order valence-electron chi connectivity index (χ1n) is 3.70. The predicted molar refractivity (Wildman–Crippen MR) is 40.5 cm³/mol. The molecule has 0 amide bonds. The highest BCUT2D eigenvalue weighted by molar-refractivity contribution is 5.78. The Kier molecular flexibility index (Phi) is 2.60. The van der Waals surface area contributed by atoms with Crippen molar-refractivity contribution in [3.63, 3.8) is 0 Å². The maximum Gasteiger partial charge on any atom is 0.304 e. The molecule has 0 saturated heterocycles. The number of hydrogen-bond acceptors (Lipinski definition) is 3. The van der Waals surface area contributed by atoms with E-state index in [1.165, 1.54) is 0 Å². The summed E-state index contributed by atoms with van der Waals surface area (Å²) in [7, 11) is 0. The molecule has 0 heterocycles. The standard InChI is InChI=1S/C8H10O4/c9-4-5-1-2-7(10)6(5)3-8(11)12/h1,4,6-7,10H,2-3H2,(H,11,12). The van der Waals surface area contributed by atoms with E-state index in [1.807, 2.05) is 0 Å². The minimum absolute atomic E-state index is 0.175. The summed E-state index contributed by atoms with van der Waals surface area (Å²) < 4.78 is 0. The van der Waals surface area contributed by atoms with Crippen molar-refractivity contribution in [2.24, 2.45) is 5.92 Å². The Labute approximate surface area is 69.5 Å². The smallest absolute Gasteiger partial charge is 0.304 e. The number of hydrogen-bond donors (Lipinski definition) is 2. The first-order chi connectivity index (χ1) is 5.65. The van der Waals surface area contributed by atoms with Crippen LogP contribution in [0.4, 0.5) is 0 Å². The van der Waals surface area contributed by atoms with Crippen LogP contribution in [0.5, 0.6) is 0 Å². The lowest BCUT2D eigenvalue weighted by atomic mass is 9.96. The normalized spacial score (nSPS) is 28.2. The third-order valence-electron chi connectivity index (χ3n) is 2.02. The predicted octanol–water partition coefficient (Wildman–Crippen LogP) is -0.0328. The minimum atomic E-state index is -0.992. The van der Waals surface area contributed by atoms with Crippen molar-refractivity contribution in [1.82, 2.24) is 0 Å². The van der Waals surface area contributed by atoms with Crippen LogP contribution < -0.4 is 0 Å². The molecule has 0 aromatic heterocycles. The Balaban J connectivity index is 2.66. The summed E-state index contributed by atoms with van der Waals surface area (Å²) in [6.07, 6.45) is 1.70. The maximum absolute atomic E-state index is 10.4. The van der Waals surface area contributed by atoms with Crippen molar-refractivity contribution in [3.8, 4) is 0 Å². The number of aliphatic hydroxyl groups is 1. The lowest BCUT2D eigenvalue weighted by Crippen LogP contribution is -2.20. The SMILES string of the molecule is O=CC1=CCC(O)C1CC(=O)O. The molecular formula is C8H10O4. The average molecular weight is 170 g/mol. The number of carbonyl (C=O) groups excluding carboxylic acids is 1. The first-order valence-corrected chi connectivity index (χ1v) is 3.70. The Bertz CT molecular complexity index is 231. The monoisotopic (exact) mass is 170 g/mol. The van der Waals surface area contributed by atoms with Gasteiger partial charge in [-0.25, -0.2) is 0 Å². The van der Waals surface area contributed by atoms with Gasteiger partial charge in [-0.2, -0.15) is 0 Å². The van der Waals surface area contributed by atoms with E-state index in [4.69, 9.17) is 5.11 Å². The molecule has 0 aromatic carbocycles. The van der Waals surface area contributed by atoms with Gasteiger partial charge in [0.2, 0.25) is 0 Å². The van der Waals surface area contributed by atoms with E-state index in [-0.39, 0.29) is 6.42 Å². The summed E-state index contributed by atoms with van der Waals surface area (Å²) >= 11 is 0. The second-order valence-corrected chi connectivity index (χ2v) is 2.83. The molecule has 0 aromatic rings. The molecule has 0 aliphatic heterocycles. The molecule has 1 rings (SSSR count). The second-order valence-electron chi connectivity index (χ2n) is 2.83. The van der Waals surface area contributed by atoms with E-state index in [1.54, 1.807) is 6.08 Å². The van der Waals surface area contributed by atoms with Crippen LogP contribution in [0.3, 0.4) is 0 Å². The van der Waals surface area contributed by atoms with Gasteiger partial charge in [0.15, 0.2) is 0 Å². The van der Waals surface area contributed by atoms with Gasteiger partial charge in [0, 0.05) is 5.92 Å². The average Bonchev–Trinajstić information content (AvgIpc) is 2.32. The molecule has 2 N–H and O–H groups in total. The summed E-state index contributed by atoms with van der Waals surface area (Å²) in [5, 5.41) is 17.7. The zero-order chi connectivity index (χ0) is 9.14. The van der Waals surface area contributed by atoms with Crippen molar-refractivity contribution < 1.29 is 19.8 Å². The van der Waals surface area contributed by atoms with Crippen LogP contribution in [-0.2, 0) is 9.59 Å². The van der Waals surface area contributed by atoms with E-state index in [0.717, 1.165) is 0 Å². The van der Waals surface area contributed by atoms with Crippen molar-refractivity contribution >= 4 is 12.3 Å². The molecule has 2 atom stereocenters. The van der Waals surface area contributed by atoms with Gasteiger partial charge < -0.3 is 10.2 Å². The fourth-order valence-electron chi connectivity index (χ4n) is 1.37. The molecule has 0 radical (unpaired) electrons. The van der Waals surface area contributed by atoms with E-state index >= 15 is 0 Å². The van der Waals surface area contributed by atoms with Gasteiger partial charge in [-0.15, -0.1) is 0 Å². The first kappa shape index (κ1) is 8.93. The van der Waals surface area contributed by atoms with Crippen LogP contribution in [0.25, 0.3) is 0 Å². The Morgan fingerprint density at radius 3 is 2.92 bits per heavy atom. The number of carbonyl (C=O) groups is 2. The van der Waals surface area contributed by atoms with E-state index < -0.39 is 18.0 Å². The van der Waals surface area contributed by atoms with Crippen molar-refractivity contribution in [2.75, 3.05) is 0 Å². The minimum Gasteiger partial charge on any atom is -0.481 e. The molecular weight excluding hydrogens is 160 g/mol. The molecule has 4 heteroatoms.